The minimum absolute atomic E-state index is 0.0197. The van der Waals surface area contributed by atoms with Crippen molar-refractivity contribution in [1.29, 1.82) is 0 Å². The number of nitrogens with one attached hydrogen (secondary N) is 1. The Balaban J connectivity index is 2.15. The van der Waals surface area contributed by atoms with Crippen molar-refractivity contribution in [2.24, 2.45) is 0 Å². The van der Waals surface area contributed by atoms with Gasteiger partial charge in [0.25, 0.3) is 5.91 Å². The van der Waals surface area contributed by atoms with Crippen LogP contribution < -0.4 is 5.32 Å². The van der Waals surface area contributed by atoms with Crippen LogP contribution in [0, 0.1) is 0 Å². The normalized spacial score (nSPS) is 22.0. The van der Waals surface area contributed by atoms with Crippen LogP contribution >= 0.6 is 0 Å². The topological polar surface area (TPSA) is 88.5 Å². The van der Waals surface area contributed by atoms with Crippen LogP contribution in [0.3, 0.4) is 0 Å². The van der Waals surface area contributed by atoms with E-state index in [-0.39, 0.29) is 24.1 Å². The molecule has 1 unspecified atom stereocenters. The van der Waals surface area contributed by atoms with Gasteiger partial charge in [0, 0.05) is 19.2 Å². The van der Waals surface area contributed by atoms with E-state index in [1.807, 2.05) is 6.07 Å². The summed E-state index contributed by atoms with van der Waals surface area (Å²) in [6.45, 7) is 6.47. The van der Waals surface area contributed by atoms with Gasteiger partial charge < -0.3 is 15.2 Å². The molecular weight excluding hydrogens is 272 g/mol. The first-order valence-corrected chi connectivity index (χ1v) is 6.85. The number of carbonyl (C=O) groups excluding carboxylic acids is 1. The highest BCUT2D eigenvalue weighted by Crippen LogP contribution is 2.22. The first-order chi connectivity index (χ1) is 9.74. The standard InChI is InChI=1S/C15H20N2O4/c1-14(2,3)10-4-5-11(16-8-10)12(18)17-15(13(19)20)6-7-21-9-15/h4-5,8H,6-7,9H2,1-3H3,(H,17,18)(H,19,20). The highest BCUT2D eigenvalue weighted by atomic mass is 16.5. The number of carbonyl (C=O) groups is 2. The van der Waals surface area contributed by atoms with Crippen LogP contribution in [0.1, 0.15) is 43.2 Å². The number of aromatic nitrogens is 1. The van der Waals surface area contributed by atoms with E-state index in [0.717, 1.165) is 5.56 Å². The van der Waals surface area contributed by atoms with Gasteiger partial charge in [-0.05, 0) is 17.0 Å². The molecule has 2 heterocycles. The van der Waals surface area contributed by atoms with E-state index in [4.69, 9.17) is 4.74 Å². The average Bonchev–Trinajstić information content (AvgIpc) is 2.88. The Morgan fingerprint density at radius 1 is 1.38 bits per heavy atom. The Kier molecular flexibility index (Phi) is 4.00. The van der Waals surface area contributed by atoms with E-state index in [1.54, 1.807) is 12.3 Å². The summed E-state index contributed by atoms with van der Waals surface area (Å²) in [5, 5.41) is 11.8. The van der Waals surface area contributed by atoms with Gasteiger partial charge in [0.05, 0.1) is 6.61 Å². The average molecular weight is 292 g/mol. The predicted molar refractivity (Wildman–Crippen MR) is 76.2 cm³/mol. The van der Waals surface area contributed by atoms with Gasteiger partial charge in [0.15, 0.2) is 5.54 Å². The number of hydrogen-bond donors (Lipinski definition) is 2. The highest BCUT2D eigenvalue weighted by Gasteiger charge is 2.44. The largest absolute Gasteiger partial charge is 0.479 e. The van der Waals surface area contributed by atoms with E-state index in [1.165, 1.54) is 0 Å². The lowest BCUT2D eigenvalue weighted by atomic mass is 9.88. The number of amides is 1. The third-order valence-electron chi connectivity index (χ3n) is 3.65. The van der Waals surface area contributed by atoms with Gasteiger partial charge in [0.1, 0.15) is 5.69 Å². The molecule has 6 nitrogen and oxygen atoms in total. The van der Waals surface area contributed by atoms with Crippen molar-refractivity contribution in [3.8, 4) is 0 Å². The quantitative estimate of drug-likeness (QED) is 0.878. The van der Waals surface area contributed by atoms with E-state index in [2.05, 4.69) is 31.1 Å². The van der Waals surface area contributed by atoms with Gasteiger partial charge in [-0.1, -0.05) is 26.8 Å². The molecule has 0 saturated carbocycles. The summed E-state index contributed by atoms with van der Waals surface area (Å²) in [5.41, 5.74) is -0.183. The zero-order valence-electron chi connectivity index (χ0n) is 12.5. The van der Waals surface area contributed by atoms with Crippen molar-refractivity contribution >= 4 is 11.9 Å². The summed E-state index contributed by atoms with van der Waals surface area (Å²) in [5.74, 6) is -1.58. The zero-order valence-corrected chi connectivity index (χ0v) is 12.5. The lowest BCUT2D eigenvalue weighted by molar-refractivity contribution is -0.144. The Bertz CT molecular complexity index is 540. The maximum Gasteiger partial charge on any atom is 0.331 e. The molecule has 6 heteroatoms. The summed E-state index contributed by atoms with van der Waals surface area (Å²) in [4.78, 5) is 27.7. The Labute approximate surface area is 123 Å². The molecule has 1 amide bonds. The molecule has 2 N–H and O–H groups in total. The molecule has 2 rings (SSSR count). The number of aliphatic carboxylic acids is 1. The molecule has 1 atom stereocenters. The summed E-state index contributed by atoms with van der Waals surface area (Å²) in [6, 6.07) is 3.45. The van der Waals surface area contributed by atoms with Gasteiger partial charge in [-0.25, -0.2) is 4.79 Å². The van der Waals surface area contributed by atoms with Crippen LogP contribution in [0.2, 0.25) is 0 Å². The van der Waals surface area contributed by atoms with E-state index < -0.39 is 17.4 Å². The molecule has 0 radical (unpaired) electrons. The number of carboxylic acid groups (broad SMARTS) is 1. The predicted octanol–water partition coefficient (Wildman–Crippen LogP) is 1.35. The number of ether oxygens (including phenoxy) is 1. The molecule has 1 aromatic heterocycles. The van der Waals surface area contributed by atoms with E-state index in [9.17, 15) is 14.7 Å². The van der Waals surface area contributed by atoms with E-state index in [0.29, 0.717) is 6.61 Å². The van der Waals surface area contributed by atoms with Crippen LogP contribution in [-0.2, 0) is 14.9 Å². The lowest BCUT2D eigenvalue weighted by Gasteiger charge is -2.23. The van der Waals surface area contributed by atoms with Crippen LogP contribution in [0.4, 0.5) is 0 Å². The fraction of sp³-hybridized carbons (Fsp3) is 0.533. The van der Waals surface area contributed by atoms with Crippen LogP contribution in [0.15, 0.2) is 18.3 Å². The van der Waals surface area contributed by atoms with Crippen molar-refractivity contribution in [1.82, 2.24) is 10.3 Å². The summed E-state index contributed by atoms with van der Waals surface area (Å²) < 4.78 is 5.11. The Hall–Kier alpha value is -1.95. The van der Waals surface area contributed by atoms with Crippen LogP contribution in [-0.4, -0.2) is 40.7 Å². The molecule has 114 valence electrons. The molecule has 1 saturated heterocycles. The fourth-order valence-electron chi connectivity index (χ4n) is 2.14. The fourth-order valence-corrected chi connectivity index (χ4v) is 2.14. The highest BCUT2D eigenvalue weighted by molar-refractivity contribution is 5.96. The van der Waals surface area contributed by atoms with Gasteiger partial charge in [0.2, 0.25) is 0 Å². The molecule has 21 heavy (non-hydrogen) atoms. The smallest absolute Gasteiger partial charge is 0.331 e. The van der Waals surface area contributed by atoms with Crippen molar-refractivity contribution < 1.29 is 19.4 Å². The summed E-state index contributed by atoms with van der Waals surface area (Å²) in [6.07, 6.45) is 1.90. The number of nitrogens with zero attached hydrogens (tertiary/aromatic N) is 1. The molecule has 0 aromatic carbocycles. The zero-order chi connectivity index (χ0) is 15.7. The third-order valence-corrected chi connectivity index (χ3v) is 3.65. The maximum atomic E-state index is 12.2. The second-order valence-electron chi connectivity index (χ2n) is 6.33. The van der Waals surface area contributed by atoms with E-state index >= 15 is 0 Å². The SMILES string of the molecule is CC(C)(C)c1ccc(C(=O)NC2(C(=O)O)CCOC2)nc1. The molecule has 0 aliphatic carbocycles. The van der Waals surface area contributed by atoms with Gasteiger partial charge in [-0.15, -0.1) is 0 Å². The maximum absolute atomic E-state index is 12.2. The molecule has 1 fully saturated rings. The van der Waals surface area contributed by atoms with Crippen molar-refractivity contribution in [3.63, 3.8) is 0 Å². The van der Waals surface area contributed by atoms with Gasteiger partial charge >= 0.3 is 5.97 Å². The van der Waals surface area contributed by atoms with Crippen LogP contribution in [0.5, 0.6) is 0 Å². The van der Waals surface area contributed by atoms with Crippen molar-refractivity contribution in [3.05, 3.63) is 29.6 Å². The summed E-state index contributed by atoms with van der Waals surface area (Å²) in [7, 11) is 0. The number of pyridine rings is 1. The first kappa shape index (κ1) is 15.4. The molecule has 0 spiro atoms. The lowest BCUT2D eigenvalue weighted by Crippen LogP contribution is -2.55. The molecule has 1 aromatic rings. The van der Waals surface area contributed by atoms with Gasteiger partial charge in [-0.3, -0.25) is 9.78 Å². The number of hydrogen-bond acceptors (Lipinski definition) is 4. The van der Waals surface area contributed by atoms with Crippen molar-refractivity contribution in [2.45, 2.75) is 38.1 Å². The molecule has 0 bridgehead atoms. The minimum Gasteiger partial charge on any atom is -0.479 e. The minimum atomic E-state index is -1.35. The van der Waals surface area contributed by atoms with Crippen LogP contribution in [0.25, 0.3) is 0 Å². The monoisotopic (exact) mass is 292 g/mol. The molecule has 1 aliphatic rings. The number of carboxylic acids is 1. The Morgan fingerprint density at radius 3 is 2.52 bits per heavy atom. The first-order valence-electron chi connectivity index (χ1n) is 6.85. The second-order valence-corrected chi connectivity index (χ2v) is 6.33. The molecule has 1 aliphatic heterocycles. The van der Waals surface area contributed by atoms with Gasteiger partial charge in [-0.2, -0.15) is 0 Å². The number of rotatable bonds is 3. The molecular formula is C15H20N2O4. The Morgan fingerprint density at radius 2 is 2.10 bits per heavy atom. The third kappa shape index (κ3) is 3.21. The van der Waals surface area contributed by atoms with Crippen molar-refractivity contribution in [2.75, 3.05) is 13.2 Å². The second kappa shape index (κ2) is 5.44. The summed E-state index contributed by atoms with van der Waals surface area (Å²) >= 11 is 0.